The summed E-state index contributed by atoms with van der Waals surface area (Å²) in [6, 6.07) is 11.3. The molecule has 0 aliphatic carbocycles. The molecule has 1 aliphatic heterocycles. The van der Waals surface area contributed by atoms with Gasteiger partial charge in [0.15, 0.2) is 5.17 Å². The van der Waals surface area contributed by atoms with Gasteiger partial charge < -0.3 is 10.2 Å². The Morgan fingerprint density at radius 1 is 1.27 bits per heavy atom. The number of likely N-dealkylation sites (N-methyl/N-ethyl adjacent to an activating group) is 1. The largest absolute Gasteiger partial charge is 0.507 e. The second-order valence-electron chi connectivity index (χ2n) is 5.44. The molecule has 0 atom stereocenters. The smallest absolute Gasteiger partial charge is 0.335 e. The number of aliphatic imine (C=N–C) groups is 1. The molecule has 0 unspecified atom stereocenters. The van der Waals surface area contributed by atoms with Gasteiger partial charge in [-0.1, -0.05) is 12.1 Å². The maximum absolute atomic E-state index is 12.4. The van der Waals surface area contributed by atoms with E-state index in [4.69, 9.17) is 5.11 Å². The lowest BCUT2D eigenvalue weighted by molar-refractivity contribution is -0.121. The zero-order valence-electron chi connectivity index (χ0n) is 13.5. The zero-order valence-corrected chi connectivity index (χ0v) is 16.5. The fraction of sp³-hybridized carbons (Fsp3) is 0.0556. The normalized spacial score (nSPS) is 17.3. The summed E-state index contributed by atoms with van der Waals surface area (Å²) >= 11 is 3.24. The van der Waals surface area contributed by atoms with Crippen LogP contribution in [0.5, 0.6) is 5.75 Å². The number of hydrogen-bond acceptors (Lipinski definition) is 5. The maximum atomic E-state index is 12.4. The van der Waals surface area contributed by atoms with Crippen LogP contribution in [0.1, 0.15) is 15.9 Å². The van der Waals surface area contributed by atoms with E-state index >= 15 is 0 Å². The summed E-state index contributed by atoms with van der Waals surface area (Å²) in [6.45, 7) is 0. The third-order valence-corrected chi connectivity index (χ3v) is 5.52. The van der Waals surface area contributed by atoms with Gasteiger partial charge in [0.25, 0.3) is 5.91 Å². The van der Waals surface area contributed by atoms with Crippen molar-refractivity contribution in [2.24, 2.45) is 4.99 Å². The topological polar surface area (TPSA) is 90.2 Å². The molecule has 2 N–H and O–H groups in total. The first-order chi connectivity index (χ1) is 12.3. The van der Waals surface area contributed by atoms with Crippen LogP contribution in [0.3, 0.4) is 0 Å². The Morgan fingerprint density at radius 2 is 2.04 bits per heavy atom. The number of amidine groups is 1. The van der Waals surface area contributed by atoms with Crippen LogP contribution in [0.15, 0.2) is 52.4 Å². The second kappa shape index (κ2) is 7.50. The SMILES string of the molecule is CN1C(=O)/C(=C/c2ccc(O)c(I)c2)SC1=Nc1cccc(C(=O)O)c1. The number of thioether (sulfide) groups is 1. The fourth-order valence-corrected chi connectivity index (χ4v) is 3.76. The van der Waals surface area contributed by atoms with Crippen molar-refractivity contribution in [2.75, 3.05) is 7.05 Å². The lowest BCUT2D eigenvalue weighted by atomic mass is 10.2. The molecule has 3 rings (SSSR count). The van der Waals surface area contributed by atoms with Crippen molar-refractivity contribution in [2.45, 2.75) is 0 Å². The Balaban J connectivity index is 1.91. The average molecular weight is 480 g/mol. The molecule has 0 saturated carbocycles. The summed E-state index contributed by atoms with van der Waals surface area (Å²) in [4.78, 5) is 29.8. The third kappa shape index (κ3) is 3.91. The molecular formula is C18H13IN2O4S. The summed E-state index contributed by atoms with van der Waals surface area (Å²) in [5.41, 5.74) is 1.40. The summed E-state index contributed by atoms with van der Waals surface area (Å²) in [7, 11) is 1.62. The summed E-state index contributed by atoms with van der Waals surface area (Å²) in [6.07, 6.45) is 1.74. The third-order valence-electron chi connectivity index (χ3n) is 3.59. The molecule has 1 aliphatic rings. The van der Waals surface area contributed by atoms with Gasteiger partial charge in [-0.05, 0) is 76.3 Å². The number of phenolic OH excluding ortho intramolecular Hbond substituents is 1. The number of aromatic carboxylic acids is 1. The van der Waals surface area contributed by atoms with Gasteiger partial charge in [-0.25, -0.2) is 9.79 Å². The van der Waals surface area contributed by atoms with E-state index in [-0.39, 0.29) is 17.2 Å². The van der Waals surface area contributed by atoms with Gasteiger partial charge in [-0.15, -0.1) is 0 Å². The second-order valence-corrected chi connectivity index (χ2v) is 7.61. The minimum absolute atomic E-state index is 0.137. The van der Waals surface area contributed by atoms with Crippen LogP contribution >= 0.6 is 34.4 Å². The highest BCUT2D eigenvalue weighted by Gasteiger charge is 2.30. The van der Waals surface area contributed by atoms with Gasteiger partial charge in [-0.3, -0.25) is 9.69 Å². The first-order valence-corrected chi connectivity index (χ1v) is 9.33. The van der Waals surface area contributed by atoms with Crippen LogP contribution in [-0.4, -0.2) is 39.2 Å². The molecule has 1 amide bonds. The predicted molar refractivity (Wildman–Crippen MR) is 110 cm³/mol. The van der Waals surface area contributed by atoms with Crippen molar-refractivity contribution in [3.8, 4) is 5.75 Å². The van der Waals surface area contributed by atoms with Crippen molar-refractivity contribution in [3.63, 3.8) is 0 Å². The summed E-state index contributed by atoms with van der Waals surface area (Å²) in [5, 5.41) is 19.1. The van der Waals surface area contributed by atoms with Crippen molar-refractivity contribution < 1.29 is 19.8 Å². The molecule has 6 nitrogen and oxygen atoms in total. The molecular weight excluding hydrogens is 467 g/mol. The zero-order chi connectivity index (χ0) is 18.8. The number of benzene rings is 2. The van der Waals surface area contributed by atoms with E-state index in [1.807, 2.05) is 22.6 Å². The van der Waals surface area contributed by atoms with Gasteiger partial charge in [0, 0.05) is 7.05 Å². The minimum atomic E-state index is -1.03. The van der Waals surface area contributed by atoms with Crippen molar-refractivity contribution in [1.29, 1.82) is 0 Å². The standard InChI is InChI=1S/C18H13IN2O4S/c1-21-16(23)15(8-10-5-6-14(22)13(19)7-10)26-18(21)20-12-4-2-3-11(9-12)17(24)25/h2-9,22H,1H3,(H,24,25)/b15-8-,20-18?. The van der Waals surface area contributed by atoms with Gasteiger partial charge in [0.05, 0.1) is 19.7 Å². The number of rotatable bonds is 3. The monoisotopic (exact) mass is 480 g/mol. The van der Waals surface area contributed by atoms with E-state index in [0.29, 0.717) is 19.3 Å². The van der Waals surface area contributed by atoms with Crippen LogP contribution < -0.4 is 0 Å². The molecule has 1 heterocycles. The van der Waals surface area contributed by atoms with Gasteiger partial charge >= 0.3 is 5.97 Å². The number of nitrogens with zero attached hydrogens (tertiary/aromatic N) is 2. The van der Waals surface area contributed by atoms with E-state index in [0.717, 1.165) is 5.56 Å². The highest BCUT2D eigenvalue weighted by molar-refractivity contribution is 14.1. The molecule has 2 aromatic rings. The van der Waals surface area contributed by atoms with Gasteiger partial charge in [0.2, 0.25) is 0 Å². The molecule has 2 aromatic carbocycles. The van der Waals surface area contributed by atoms with E-state index in [1.54, 1.807) is 43.5 Å². The quantitative estimate of drug-likeness (QED) is 0.514. The number of amides is 1. The first kappa shape index (κ1) is 18.5. The highest BCUT2D eigenvalue weighted by Crippen LogP contribution is 2.34. The average Bonchev–Trinajstić information content (AvgIpc) is 2.86. The Labute approximate surface area is 167 Å². The molecule has 0 bridgehead atoms. The molecule has 0 spiro atoms. The van der Waals surface area contributed by atoms with Gasteiger partial charge in [-0.2, -0.15) is 0 Å². The molecule has 1 fully saturated rings. The Hall–Kier alpha value is -2.33. The molecule has 0 radical (unpaired) electrons. The van der Waals surface area contributed by atoms with Gasteiger partial charge in [0.1, 0.15) is 5.75 Å². The van der Waals surface area contributed by atoms with E-state index < -0.39 is 5.97 Å². The molecule has 1 saturated heterocycles. The van der Waals surface area contributed by atoms with Crippen molar-refractivity contribution in [3.05, 3.63) is 62.1 Å². The lowest BCUT2D eigenvalue weighted by Gasteiger charge is -2.07. The number of carbonyl (C=O) groups excluding carboxylic acids is 1. The van der Waals surface area contributed by atoms with Crippen LogP contribution in [-0.2, 0) is 4.79 Å². The van der Waals surface area contributed by atoms with E-state index in [2.05, 4.69) is 4.99 Å². The summed E-state index contributed by atoms with van der Waals surface area (Å²) in [5.74, 6) is -1.03. The molecule has 26 heavy (non-hydrogen) atoms. The number of carboxylic acids is 1. The molecule has 0 aromatic heterocycles. The number of phenols is 1. The Kier molecular flexibility index (Phi) is 5.33. The van der Waals surface area contributed by atoms with Crippen molar-refractivity contribution in [1.82, 2.24) is 4.90 Å². The number of carbonyl (C=O) groups is 2. The lowest BCUT2D eigenvalue weighted by Crippen LogP contribution is -2.23. The number of halogens is 1. The van der Waals surface area contributed by atoms with E-state index in [1.165, 1.54) is 28.8 Å². The van der Waals surface area contributed by atoms with Crippen LogP contribution in [0.4, 0.5) is 5.69 Å². The fourth-order valence-electron chi connectivity index (χ4n) is 2.23. The Bertz CT molecular complexity index is 971. The first-order valence-electron chi connectivity index (χ1n) is 7.43. The molecule has 8 heteroatoms. The minimum Gasteiger partial charge on any atom is -0.507 e. The predicted octanol–water partition coefficient (Wildman–Crippen LogP) is 3.93. The van der Waals surface area contributed by atoms with Crippen LogP contribution in [0.25, 0.3) is 6.08 Å². The van der Waals surface area contributed by atoms with Crippen LogP contribution in [0.2, 0.25) is 0 Å². The molecule has 132 valence electrons. The number of hydrogen-bond donors (Lipinski definition) is 2. The van der Waals surface area contributed by atoms with Crippen LogP contribution in [0, 0.1) is 3.57 Å². The van der Waals surface area contributed by atoms with E-state index in [9.17, 15) is 14.7 Å². The maximum Gasteiger partial charge on any atom is 0.335 e. The number of aromatic hydroxyl groups is 1. The Morgan fingerprint density at radius 3 is 2.73 bits per heavy atom. The summed E-state index contributed by atoms with van der Waals surface area (Å²) < 4.78 is 0.695. The van der Waals surface area contributed by atoms with Crippen molar-refractivity contribution >= 4 is 63.2 Å². The highest BCUT2D eigenvalue weighted by atomic mass is 127. The number of carboxylic acid groups (broad SMARTS) is 1.